The van der Waals surface area contributed by atoms with Crippen LogP contribution in [0.15, 0.2) is 27.8 Å². The third kappa shape index (κ3) is 2.89. The highest BCUT2D eigenvalue weighted by atomic mass is 16.4. The van der Waals surface area contributed by atoms with Gasteiger partial charge in [-0.05, 0) is 37.5 Å². The average Bonchev–Trinajstić information content (AvgIpc) is 2.38. The number of fused-ring (bicyclic) bond motifs is 1. The Balaban J connectivity index is 2.74. The van der Waals surface area contributed by atoms with Gasteiger partial charge in [0.1, 0.15) is 0 Å². The van der Waals surface area contributed by atoms with Crippen molar-refractivity contribution < 1.29 is 9.90 Å². The lowest BCUT2D eigenvalue weighted by Crippen LogP contribution is -2.38. The number of nitrogens with zero attached hydrogens (tertiary/aromatic N) is 1. The number of nitrogens with one attached hydrogen (secondary N) is 1. The highest BCUT2D eigenvalue weighted by Gasteiger charge is 2.16. The molecular weight excluding hydrogens is 272 g/mol. The van der Waals surface area contributed by atoms with E-state index in [4.69, 9.17) is 5.11 Å². The van der Waals surface area contributed by atoms with Gasteiger partial charge in [-0.15, -0.1) is 0 Å². The SMILES string of the molecule is CC(C)CC(C)n1c(=O)c(=O)[nH]c2cc(C(=O)O)ccc21. The number of aromatic carboxylic acids is 1. The molecule has 0 aliphatic carbocycles. The zero-order valence-corrected chi connectivity index (χ0v) is 12.2. The fourth-order valence-corrected chi connectivity index (χ4v) is 2.60. The standard InChI is InChI=1S/C15H18N2O4/c1-8(2)6-9(3)17-12-5-4-10(15(20)21)7-11(12)16-13(18)14(17)19/h4-5,7-9H,6H2,1-3H3,(H,16,18)(H,20,21). The van der Waals surface area contributed by atoms with E-state index in [2.05, 4.69) is 4.98 Å². The van der Waals surface area contributed by atoms with E-state index in [1.54, 1.807) is 6.07 Å². The molecule has 112 valence electrons. The number of H-pyrrole nitrogens is 1. The molecule has 6 nitrogen and oxygen atoms in total. The van der Waals surface area contributed by atoms with Gasteiger partial charge in [0, 0.05) is 6.04 Å². The van der Waals surface area contributed by atoms with Crippen LogP contribution in [-0.2, 0) is 0 Å². The van der Waals surface area contributed by atoms with Crippen LogP contribution in [0.25, 0.3) is 11.0 Å². The van der Waals surface area contributed by atoms with E-state index < -0.39 is 17.1 Å². The number of hydrogen-bond donors (Lipinski definition) is 2. The van der Waals surface area contributed by atoms with Crippen LogP contribution in [0.3, 0.4) is 0 Å². The van der Waals surface area contributed by atoms with Crippen molar-refractivity contribution in [1.29, 1.82) is 0 Å². The Labute approximate surface area is 121 Å². The van der Waals surface area contributed by atoms with Crippen molar-refractivity contribution in [2.24, 2.45) is 5.92 Å². The Hall–Kier alpha value is -2.37. The average molecular weight is 290 g/mol. The van der Waals surface area contributed by atoms with Gasteiger partial charge in [-0.1, -0.05) is 13.8 Å². The van der Waals surface area contributed by atoms with E-state index >= 15 is 0 Å². The number of benzene rings is 1. The van der Waals surface area contributed by atoms with Crippen LogP contribution in [0, 0.1) is 5.92 Å². The topological polar surface area (TPSA) is 92.2 Å². The Bertz CT molecular complexity index is 801. The van der Waals surface area contributed by atoms with Gasteiger partial charge >= 0.3 is 17.1 Å². The van der Waals surface area contributed by atoms with Gasteiger partial charge in [0.05, 0.1) is 16.6 Å². The third-order valence-corrected chi connectivity index (χ3v) is 3.42. The van der Waals surface area contributed by atoms with Gasteiger partial charge < -0.3 is 10.1 Å². The predicted molar refractivity (Wildman–Crippen MR) is 80.0 cm³/mol. The van der Waals surface area contributed by atoms with Crippen molar-refractivity contribution >= 4 is 17.0 Å². The fourth-order valence-electron chi connectivity index (χ4n) is 2.60. The molecule has 0 fully saturated rings. The van der Waals surface area contributed by atoms with Crippen LogP contribution in [-0.4, -0.2) is 20.6 Å². The molecule has 0 radical (unpaired) electrons. The first kappa shape index (κ1) is 15.0. The zero-order valence-electron chi connectivity index (χ0n) is 12.2. The Kier molecular flexibility index (Phi) is 3.97. The molecule has 0 saturated heterocycles. The Morgan fingerprint density at radius 2 is 1.95 bits per heavy atom. The van der Waals surface area contributed by atoms with Crippen LogP contribution in [0.4, 0.5) is 0 Å². The molecule has 21 heavy (non-hydrogen) atoms. The summed E-state index contributed by atoms with van der Waals surface area (Å²) in [4.78, 5) is 37.4. The van der Waals surface area contributed by atoms with Crippen LogP contribution in [0.1, 0.15) is 43.6 Å². The zero-order chi connectivity index (χ0) is 15.7. The first-order valence-electron chi connectivity index (χ1n) is 6.83. The summed E-state index contributed by atoms with van der Waals surface area (Å²) in [5.41, 5.74) is -0.382. The highest BCUT2D eigenvalue weighted by molar-refractivity contribution is 5.92. The van der Waals surface area contributed by atoms with Crippen molar-refractivity contribution in [1.82, 2.24) is 9.55 Å². The van der Waals surface area contributed by atoms with E-state index in [0.29, 0.717) is 17.0 Å². The second-order valence-electron chi connectivity index (χ2n) is 5.64. The lowest BCUT2D eigenvalue weighted by Gasteiger charge is -2.19. The highest BCUT2D eigenvalue weighted by Crippen LogP contribution is 2.20. The Morgan fingerprint density at radius 3 is 2.52 bits per heavy atom. The summed E-state index contributed by atoms with van der Waals surface area (Å²) in [6.45, 7) is 5.96. The number of aromatic nitrogens is 2. The number of hydrogen-bond acceptors (Lipinski definition) is 3. The lowest BCUT2D eigenvalue weighted by molar-refractivity contribution is 0.0697. The number of rotatable bonds is 4. The maximum Gasteiger partial charge on any atom is 0.335 e. The monoisotopic (exact) mass is 290 g/mol. The van der Waals surface area contributed by atoms with Gasteiger partial charge in [0.25, 0.3) is 0 Å². The van der Waals surface area contributed by atoms with E-state index in [1.165, 1.54) is 16.7 Å². The van der Waals surface area contributed by atoms with E-state index in [0.717, 1.165) is 6.42 Å². The van der Waals surface area contributed by atoms with Crippen molar-refractivity contribution in [2.45, 2.75) is 33.2 Å². The molecule has 2 N–H and O–H groups in total. The minimum Gasteiger partial charge on any atom is -0.478 e. The van der Waals surface area contributed by atoms with Gasteiger partial charge in [-0.3, -0.25) is 14.2 Å². The molecule has 0 amide bonds. The third-order valence-electron chi connectivity index (χ3n) is 3.42. The van der Waals surface area contributed by atoms with Gasteiger partial charge in [-0.25, -0.2) is 4.79 Å². The molecule has 1 unspecified atom stereocenters. The maximum atomic E-state index is 12.1. The van der Waals surface area contributed by atoms with Crippen LogP contribution in [0.2, 0.25) is 0 Å². The van der Waals surface area contributed by atoms with Crippen molar-refractivity contribution in [3.63, 3.8) is 0 Å². The summed E-state index contributed by atoms with van der Waals surface area (Å²) in [6, 6.07) is 4.23. The molecule has 1 aromatic heterocycles. The molecule has 1 aromatic carbocycles. The number of aromatic amines is 1. The van der Waals surface area contributed by atoms with E-state index in [-0.39, 0.29) is 11.6 Å². The molecule has 1 heterocycles. The summed E-state index contributed by atoms with van der Waals surface area (Å²) in [5, 5.41) is 9.01. The minimum absolute atomic E-state index is 0.0693. The van der Waals surface area contributed by atoms with Crippen LogP contribution in [0.5, 0.6) is 0 Å². The maximum absolute atomic E-state index is 12.1. The smallest absolute Gasteiger partial charge is 0.335 e. The molecule has 0 aliphatic heterocycles. The molecule has 0 spiro atoms. The molecule has 2 rings (SSSR count). The minimum atomic E-state index is -1.08. The summed E-state index contributed by atoms with van der Waals surface area (Å²) < 4.78 is 1.44. The van der Waals surface area contributed by atoms with Crippen molar-refractivity contribution in [3.05, 3.63) is 44.5 Å². The molecule has 6 heteroatoms. The van der Waals surface area contributed by atoms with E-state index in [1.807, 2.05) is 20.8 Å². The summed E-state index contributed by atoms with van der Waals surface area (Å²) in [5.74, 6) is -0.703. The second kappa shape index (κ2) is 5.55. The summed E-state index contributed by atoms with van der Waals surface area (Å²) >= 11 is 0. The van der Waals surface area contributed by atoms with Gasteiger partial charge in [0.15, 0.2) is 0 Å². The molecule has 0 aliphatic rings. The predicted octanol–water partition coefficient (Wildman–Crippen LogP) is 2.00. The van der Waals surface area contributed by atoms with Gasteiger partial charge in [-0.2, -0.15) is 0 Å². The summed E-state index contributed by atoms with van der Waals surface area (Å²) in [7, 11) is 0. The summed E-state index contributed by atoms with van der Waals surface area (Å²) in [6.07, 6.45) is 0.749. The number of carbonyl (C=O) groups is 1. The number of carboxylic acids is 1. The number of carboxylic acid groups (broad SMARTS) is 1. The van der Waals surface area contributed by atoms with Crippen LogP contribution < -0.4 is 11.1 Å². The first-order chi connectivity index (χ1) is 9.81. The normalized spacial score (nSPS) is 12.8. The Morgan fingerprint density at radius 1 is 1.29 bits per heavy atom. The quantitative estimate of drug-likeness (QED) is 0.842. The molecule has 0 bridgehead atoms. The van der Waals surface area contributed by atoms with Crippen molar-refractivity contribution in [3.8, 4) is 0 Å². The van der Waals surface area contributed by atoms with Crippen molar-refractivity contribution in [2.75, 3.05) is 0 Å². The first-order valence-corrected chi connectivity index (χ1v) is 6.83. The second-order valence-corrected chi connectivity index (χ2v) is 5.64. The van der Waals surface area contributed by atoms with E-state index in [9.17, 15) is 14.4 Å². The van der Waals surface area contributed by atoms with Gasteiger partial charge in [0.2, 0.25) is 0 Å². The molecular formula is C15H18N2O4. The lowest BCUT2D eigenvalue weighted by atomic mass is 10.0. The fraction of sp³-hybridized carbons (Fsp3) is 0.400. The molecule has 2 aromatic rings. The van der Waals surface area contributed by atoms with Crippen LogP contribution >= 0.6 is 0 Å². The largest absolute Gasteiger partial charge is 0.478 e. The molecule has 0 saturated carbocycles. The molecule has 1 atom stereocenters.